The lowest BCUT2D eigenvalue weighted by Crippen LogP contribution is -2.46. The molecule has 0 saturated carbocycles. The number of likely N-dealkylation sites (tertiary alicyclic amines) is 1. The molecule has 1 saturated heterocycles. The van der Waals surface area contributed by atoms with Crippen LogP contribution in [0, 0.1) is 5.92 Å². The molecule has 88 valence electrons. The second kappa shape index (κ2) is 4.83. The van der Waals surface area contributed by atoms with E-state index in [0.717, 1.165) is 11.3 Å². The Morgan fingerprint density at radius 1 is 1.47 bits per heavy atom. The fourth-order valence-corrected chi connectivity index (χ4v) is 1.90. The van der Waals surface area contributed by atoms with Gasteiger partial charge in [0, 0.05) is 13.1 Å². The molecule has 0 aromatic rings. The fourth-order valence-electron chi connectivity index (χ4n) is 1.90. The first-order valence-corrected chi connectivity index (χ1v) is 5.01. The van der Waals surface area contributed by atoms with Gasteiger partial charge < -0.3 is 10.6 Å². The maximum Gasteiger partial charge on any atom is 0.471 e. The van der Waals surface area contributed by atoms with Gasteiger partial charge in [0.05, 0.1) is 0 Å². The number of hydrogen-bond acceptors (Lipinski definition) is 2. The van der Waals surface area contributed by atoms with Crippen molar-refractivity contribution >= 4 is 5.91 Å². The SMILES string of the molecule is NCCC1CCCN(C(=O)C(F)(F)F)C1. The van der Waals surface area contributed by atoms with Gasteiger partial charge in [-0.25, -0.2) is 0 Å². The van der Waals surface area contributed by atoms with E-state index in [9.17, 15) is 18.0 Å². The van der Waals surface area contributed by atoms with Crippen LogP contribution < -0.4 is 5.73 Å². The van der Waals surface area contributed by atoms with Crippen molar-refractivity contribution in [1.29, 1.82) is 0 Å². The van der Waals surface area contributed by atoms with Crippen LogP contribution in [0.25, 0.3) is 0 Å². The van der Waals surface area contributed by atoms with Crippen LogP contribution >= 0.6 is 0 Å². The minimum absolute atomic E-state index is 0.120. The summed E-state index contributed by atoms with van der Waals surface area (Å²) in [5.74, 6) is -1.60. The third kappa shape index (κ3) is 3.37. The molecule has 15 heavy (non-hydrogen) atoms. The third-order valence-corrected chi connectivity index (χ3v) is 2.62. The molecule has 0 aliphatic carbocycles. The van der Waals surface area contributed by atoms with Gasteiger partial charge in [-0.2, -0.15) is 13.2 Å². The number of alkyl halides is 3. The van der Waals surface area contributed by atoms with Crippen molar-refractivity contribution < 1.29 is 18.0 Å². The van der Waals surface area contributed by atoms with Crippen LogP contribution in [0.5, 0.6) is 0 Å². The second-order valence-corrected chi connectivity index (χ2v) is 3.83. The van der Waals surface area contributed by atoms with Crippen LogP contribution in [-0.4, -0.2) is 36.6 Å². The largest absolute Gasteiger partial charge is 0.471 e. The third-order valence-electron chi connectivity index (χ3n) is 2.62. The van der Waals surface area contributed by atoms with Crippen molar-refractivity contribution in [3.63, 3.8) is 0 Å². The Hall–Kier alpha value is -0.780. The van der Waals surface area contributed by atoms with Crippen molar-refractivity contribution in [3.05, 3.63) is 0 Å². The Morgan fingerprint density at radius 2 is 2.13 bits per heavy atom. The normalized spacial score (nSPS) is 22.9. The van der Waals surface area contributed by atoms with Crippen LogP contribution in [0.2, 0.25) is 0 Å². The first-order valence-electron chi connectivity index (χ1n) is 5.01. The van der Waals surface area contributed by atoms with Gasteiger partial charge in [0.25, 0.3) is 0 Å². The average Bonchev–Trinajstić information content (AvgIpc) is 2.16. The van der Waals surface area contributed by atoms with Gasteiger partial charge in [0.1, 0.15) is 0 Å². The lowest BCUT2D eigenvalue weighted by atomic mass is 9.95. The molecule has 1 amide bonds. The highest BCUT2D eigenvalue weighted by Crippen LogP contribution is 2.24. The number of rotatable bonds is 2. The molecule has 1 fully saturated rings. The Morgan fingerprint density at radius 3 is 2.67 bits per heavy atom. The number of carbonyl (C=O) groups is 1. The monoisotopic (exact) mass is 224 g/mol. The Labute approximate surface area is 86.4 Å². The van der Waals surface area contributed by atoms with Gasteiger partial charge in [0.15, 0.2) is 0 Å². The summed E-state index contributed by atoms with van der Waals surface area (Å²) >= 11 is 0. The minimum Gasteiger partial charge on any atom is -0.335 e. The Kier molecular flexibility index (Phi) is 3.96. The molecule has 1 atom stereocenters. The van der Waals surface area contributed by atoms with E-state index < -0.39 is 12.1 Å². The van der Waals surface area contributed by atoms with E-state index >= 15 is 0 Å². The van der Waals surface area contributed by atoms with E-state index in [-0.39, 0.29) is 19.0 Å². The Balaban J connectivity index is 2.52. The second-order valence-electron chi connectivity index (χ2n) is 3.83. The molecule has 0 aromatic carbocycles. The van der Waals surface area contributed by atoms with Crippen LogP contribution in [0.3, 0.4) is 0 Å². The maximum absolute atomic E-state index is 12.1. The van der Waals surface area contributed by atoms with E-state index in [2.05, 4.69) is 0 Å². The van der Waals surface area contributed by atoms with E-state index in [0.29, 0.717) is 19.4 Å². The van der Waals surface area contributed by atoms with Gasteiger partial charge in [-0.1, -0.05) is 0 Å². The van der Waals surface area contributed by atoms with Crippen LogP contribution in [0.1, 0.15) is 19.3 Å². The first kappa shape index (κ1) is 12.3. The standard InChI is InChI=1S/C9H15F3N2O/c10-9(11,12)8(15)14-5-1-2-7(6-14)3-4-13/h7H,1-6,13H2. The molecule has 2 N–H and O–H groups in total. The number of carbonyl (C=O) groups excluding carboxylic acids is 1. The Bertz CT molecular complexity index is 228. The van der Waals surface area contributed by atoms with Gasteiger partial charge >= 0.3 is 12.1 Å². The average molecular weight is 224 g/mol. The summed E-state index contributed by atoms with van der Waals surface area (Å²) < 4.78 is 36.4. The zero-order valence-electron chi connectivity index (χ0n) is 8.39. The highest BCUT2D eigenvalue weighted by molar-refractivity contribution is 5.81. The fraction of sp³-hybridized carbons (Fsp3) is 0.889. The maximum atomic E-state index is 12.1. The highest BCUT2D eigenvalue weighted by Gasteiger charge is 2.43. The lowest BCUT2D eigenvalue weighted by Gasteiger charge is -2.32. The summed E-state index contributed by atoms with van der Waals surface area (Å²) in [6.07, 6.45) is -2.57. The summed E-state index contributed by atoms with van der Waals surface area (Å²) in [5, 5.41) is 0. The van der Waals surface area contributed by atoms with Crippen molar-refractivity contribution in [2.24, 2.45) is 11.7 Å². The van der Waals surface area contributed by atoms with E-state index in [1.807, 2.05) is 0 Å². The van der Waals surface area contributed by atoms with Gasteiger partial charge in [0.2, 0.25) is 0 Å². The molecule has 1 heterocycles. The van der Waals surface area contributed by atoms with Crippen molar-refractivity contribution in [2.75, 3.05) is 19.6 Å². The number of nitrogens with zero attached hydrogens (tertiary/aromatic N) is 1. The molecule has 1 aliphatic rings. The first-order chi connectivity index (χ1) is 6.95. The molecule has 0 spiro atoms. The van der Waals surface area contributed by atoms with E-state index in [4.69, 9.17) is 5.73 Å². The number of amides is 1. The predicted octanol–water partition coefficient (Wildman–Crippen LogP) is 1.14. The molecule has 0 radical (unpaired) electrons. The summed E-state index contributed by atoms with van der Waals surface area (Å²) in [4.78, 5) is 11.8. The number of hydrogen-bond donors (Lipinski definition) is 1. The van der Waals surface area contributed by atoms with E-state index in [1.165, 1.54) is 0 Å². The summed E-state index contributed by atoms with van der Waals surface area (Å²) in [7, 11) is 0. The van der Waals surface area contributed by atoms with Crippen molar-refractivity contribution in [2.45, 2.75) is 25.4 Å². The zero-order chi connectivity index (χ0) is 11.5. The minimum atomic E-state index is -4.75. The number of nitrogens with two attached hydrogens (primary N) is 1. The molecule has 3 nitrogen and oxygen atoms in total. The highest BCUT2D eigenvalue weighted by atomic mass is 19.4. The van der Waals surface area contributed by atoms with Crippen LogP contribution in [0.15, 0.2) is 0 Å². The smallest absolute Gasteiger partial charge is 0.335 e. The molecule has 6 heteroatoms. The quantitative estimate of drug-likeness (QED) is 0.764. The molecule has 1 aliphatic heterocycles. The van der Waals surface area contributed by atoms with E-state index in [1.54, 1.807) is 0 Å². The molecule has 1 unspecified atom stereocenters. The number of piperidine rings is 1. The van der Waals surface area contributed by atoms with Crippen LogP contribution in [0.4, 0.5) is 13.2 Å². The summed E-state index contributed by atoms with van der Waals surface area (Å²) in [6, 6.07) is 0. The molecule has 1 rings (SSSR count). The zero-order valence-corrected chi connectivity index (χ0v) is 8.39. The molecular formula is C9H15F3N2O. The number of halogens is 3. The van der Waals surface area contributed by atoms with Gasteiger partial charge in [-0.15, -0.1) is 0 Å². The molecule has 0 bridgehead atoms. The topological polar surface area (TPSA) is 46.3 Å². The summed E-state index contributed by atoms with van der Waals surface area (Å²) in [5.41, 5.74) is 5.34. The lowest BCUT2D eigenvalue weighted by molar-refractivity contribution is -0.187. The van der Waals surface area contributed by atoms with Gasteiger partial charge in [-0.3, -0.25) is 4.79 Å². The molecular weight excluding hydrogens is 209 g/mol. The summed E-state index contributed by atoms with van der Waals surface area (Å²) in [6.45, 7) is 0.855. The van der Waals surface area contributed by atoms with Gasteiger partial charge in [-0.05, 0) is 31.7 Å². The van der Waals surface area contributed by atoms with Crippen LogP contribution in [-0.2, 0) is 4.79 Å². The molecule has 0 aromatic heterocycles. The van der Waals surface area contributed by atoms with Crippen molar-refractivity contribution in [3.8, 4) is 0 Å². The predicted molar refractivity (Wildman–Crippen MR) is 49.0 cm³/mol. The van der Waals surface area contributed by atoms with Crippen molar-refractivity contribution in [1.82, 2.24) is 4.90 Å².